The molecule has 0 aliphatic carbocycles. The number of aryl methyl sites for hydroxylation is 1. The lowest BCUT2D eigenvalue weighted by Crippen LogP contribution is -2.56. The molecule has 2 bridgehead atoms. The number of ether oxygens (including phenoxy) is 3. The number of carbonyl (C=O) groups excluding carboxylic acids is 3. The summed E-state index contributed by atoms with van der Waals surface area (Å²) >= 11 is 0. The number of nitrogens with one attached hydrogen (secondary N) is 2. The number of anilines is 2. The van der Waals surface area contributed by atoms with Crippen molar-refractivity contribution in [2.24, 2.45) is 13.0 Å². The summed E-state index contributed by atoms with van der Waals surface area (Å²) in [6.45, 7) is 6.02. The summed E-state index contributed by atoms with van der Waals surface area (Å²) in [7, 11) is 1.71. The topological polar surface area (TPSA) is 182 Å². The van der Waals surface area contributed by atoms with E-state index in [1.54, 1.807) is 40.9 Å². The SMILES string of the molecule is C#Cc1c(F)ccc2cccc(-c3ncc4c(N5CC6CCC(C5)N6)nc(OC[C@@]56CCCN5[C@H](COC(=O)N5CC(OCC7CCN(c8ccc9c(c8)n(C)c(=O)n9C8CCC(=O)NC8=O)CC7)C5)CC6)nc4c3F)c12. The highest BCUT2D eigenvalue weighted by Gasteiger charge is 2.50. The Morgan fingerprint density at radius 3 is 2.51 bits per heavy atom. The van der Waals surface area contributed by atoms with Crippen LogP contribution in [0.2, 0.25) is 0 Å². The number of terminal acetylenes is 1. The molecule has 7 fully saturated rings. The van der Waals surface area contributed by atoms with Crippen LogP contribution in [0, 0.1) is 29.9 Å². The summed E-state index contributed by atoms with van der Waals surface area (Å²) in [6, 6.07) is 14.1. The van der Waals surface area contributed by atoms with Crippen LogP contribution < -0.4 is 30.9 Å². The van der Waals surface area contributed by atoms with Crippen LogP contribution in [0.1, 0.15) is 75.8 Å². The summed E-state index contributed by atoms with van der Waals surface area (Å²) < 4.78 is 54.2. The van der Waals surface area contributed by atoms with E-state index < -0.39 is 23.6 Å². The maximum atomic E-state index is 17.2. The maximum absolute atomic E-state index is 17.2. The van der Waals surface area contributed by atoms with E-state index in [1.165, 1.54) is 10.6 Å². The van der Waals surface area contributed by atoms with Gasteiger partial charge in [-0.25, -0.2) is 18.4 Å². The molecular formula is C57H61F2N11O7. The summed E-state index contributed by atoms with van der Waals surface area (Å²) in [5, 5.41) is 7.58. The monoisotopic (exact) mass is 1050 g/mol. The van der Waals surface area contributed by atoms with E-state index in [4.69, 9.17) is 30.6 Å². The third-order valence-corrected chi connectivity index (χ3v) is 17.7. The first kappa shape index (κ1) is 49.4. The smallest absolute Gasteiger partial charge is 0.409 e. The summed E-state index contributed by atoms with van der Waals surface area (Å²) in [5.41, 5.74) is 2.30. The Hall–Kier alpha value is -7.21. The highest BCUT2D eigenvalue weighted by molar-refractivity contribution is 6.02. The number of benzene rings is 3. The van der Waals surface area contributed by atoms with Crippen molar-refractivity contribution in [2.45, 2.75) is 100 Å². The van der Waals surface area contributed by atoms with Gasteiger partial charge in [-0.05, 0) is 99.9 Å². The molecular weight excluding hydrogens is 989 g/mol. The molecule has 3 aromatic carbocycles. The zero-order valence-corrected chi connectivity index (χ0v) is 43.0. The number of nitrogens with zero attached hydrogens (tertiary/aromatic N) is 9. The molecule has 3 amide bonds. The van der Waals surface area contributed by atoms with E-state index in [0.717, 1.165) is 82.2 Å². The normalized spacial score (nSPS) is 24.9. The summed E-state index contributed by atoms with van der Waals surface area (Å²) in [6.07, 6.45) is 15.0. The predicted molar refractivity (Wildman–Crippen MR) is 284 cm³/mol. The number of imidazole rings is 1. The van der Waals surface area contributed by atoms with Gasteiger partial charge in [-0.1, -0.05) is 30.2 Å². The molecule has 20 heteroatoms. The second kappa shape index (κ2) is 19.7. The van der Waals surface area contributed by atoms with Gasteiger partial charge in [-0.2, -0.15) is 9.97 Å². The van der Waals surface area contributed by atoms with Gasteiger partial charge in [-0.3, -0.25) is 33.9 Å². The van der Waals surface area contributed by atoms with Gasteiger partial charge in [0.25, 0.3) is 0 Å². The highest BCUT2D eigenvalue weighted by Crippen LogP contribution is 2.44. The maximum Gasteiger partial charge on any atom is 0.409 e. The van der Waals surface area contributed by atoms with Crippen molar-refractivity contribution in [3.63, 3.8) is 0 Å². The van der Waals surface area contributed by atoms with Crippen molar-refractivity contribution < 1.29 is 37.4 Å². The quantitative estimate of drug-likeness (QED) is 0.111. The Labute approximate surface area is 443 Å². The molecule has 18 nitrogen and oxygen atoms in total. The molecule has 0 saturated carbocycles. The van der Waals surface area contributed by atoms with Crippen molar-refractivity contribution in [3.05, 3.63) is 82.4 Å². The molecule has 7 saturated heterocycles. The zero-order chi connectivity index (χ0) is 52.7. The molecule has 2 N–H and O–H groups in total. The highest BCUT2D eigenvalue weighted by atomic mass is 19.1. The first-order valence-electron chi connectivity index (χ1n) is 27.2. The van der Waals surface area contributed by atoms with Crippen LogP contribution in [0.4, 0.5) is 25.1 Å². The Balaban J connectivity index is 0.617. The lowest BCUT2D eigenvalue weighted by molar-refractivity contribution is -0.135. The van der Waals surface area contributed by atoms with Gasteiger partial charge in [0.1, 0.15) is 42.1 Å². The molecule has 7 aliphatic heterocycles. The second-order valence-corrected chi connectivity index (χ2v) is 22.2. The lowest BCUT2D eigenvalue weighted by atomic mass is 9.95. The molecule has 0 spiro atoms. The third kappa shape index (κ3) is 8.80. The molecule has 77 heavy (non-hydrogen) atoms. The van der Waals surface area contributed by atoms with Crippen LogP contribution in [-0.4, -0.2) is 147 Å². The number of hydrogen-bond acceptors (Lipinski definition) is 14. The van der Waals surface area contributed by atoms with E-state index in [1.807, 2.05) is 24.3 Å². The number of imide groups is 1. The Morgan fingerprint density at radius 2 is 1.71 bits per heavy atom. The average molecular weight is 1050 g/mol. The minimum atomic E-state index is -0.723. The molecule has 3 aromatic heterocycles. The van der Waals surface area contributed by atoms with Crippen LogP contribution in [0.25, 0.3) is 44.0 Å². The van der Waals surface area contributed by atoms with Crippen LogP contribution in [-0.2, 0) is 26.1 Å². The van der Waals surface area contributed by atoms with Gasteiger partial charge in [0, 0.05) is 80.6 Å². The number of fused-ring (bicyclic) bond motifs is 6. The van der Waals surface area contributed by atoms with Crippen molar-refractivity contribution in [2.75, 3.05) is 75.4 Å². The summed E-state index contributed by atoms with van der Waals surface area (Å²) in [5.74, 6) is 1.40. The Bertz CT molecular complexity index is 3460. The van der Waals surface area contributed by atoms with E-state index in [-0.39, 0.29) is 89.9 Å². The number of rotatable bonds is 12. The fraction of sp³-hybridized carbons (Fsp3) is 0.491. The number of hydrogen-bond donors (Lipinski definition) is 2. The first-order valence-corrected chi connectivity index (χ1v) is 27.2. The van der Waals surface area contributed by atoms with Crippen LogP contribution in [0.3, 0.4) is 0 Å². The number of amides is 3. The van der Waals surface area contributed by atoms with Gasteiger partial charge in [-0.15, -0.1) is 6.42 Å². The molecule has 7 aliphatic rings. The molecule has 3 unspecified atom stereocenters. The number of carbonyl (C=O) groups is 3. The van der Waals surface area contributed by atoms with E-state index in [0.29, 0.717) is 78.2 Å². The molecule has 5 atom stereocenters. The summed E-state index contributed by atoms with van der Waals surface area (Å²) in [4.78, 5) is 74.0. The number of halogens is 2. The predicted octanol–water partition coefficient (Wildman–Crippen LogP) is 5.81. The fourth-order valence-electron chi connectivity index (χ4n) is 13.5. The molecule has 10 heterocycles. The van der Waals surface area contributed by atoms with Crippen molar-refractivity contribution in [3.8, 4) is 29.6 Å². The number of piperidine rings is 2. The van der Waals surface area contributed by atoms with Crippen LogP contribution in [0.5, 0.6) is 6.01 Å². The van der Waals surface area contributed by atoms with E-state index >= 15 is 8.78 Å². The molecule has 13 rings (SSSR count). The van der Waals surface area contributed by atoms with Crippen molar-refractivity contribution in [1.82, 2.24) is 44.5 Å². The second-order valence-electron chi connectivity index (χ2n) is 22.2. The minimum absolute atomic E-state index is 0.0108. The Kier molecular flexibility index (Phi) is 12.6. The third-order valence-electron chi connectivity index (χ3n) is 17.7. The minimum Gasteiger partial charge on any atom is -0.461 e. The van der Waals surface area contributed by atoms with Gasteiger partial charge >= 0.3 is 17.8 Å². The molecule has 400 valence electrons. The van der Waals surface area contributed by atoms with E-state index in [9.17, 15) is 19.2 Å². The Morgan fingerprint density at radius 1 is 0.896 bits per heavy atom. The van der Waals surface area contributed by atoms with Crippen LogP contribution in [0.15, 0.2) is 59.5 Å². The number of piperazine rings is 1. The zero-order valence-electron chi connectivity index (χ0n) is 43.0. The van der Waals surface area contributed by atoms with Gasteiger partial charge in [0.05, 0.1) is 53.3 Å². The molecule has 6 aromatic rings. The van der Waals surface area contributed by atoms with Gasteiger partial charge in [0.2, 0.25) is 11.8 Å². The van der Waals surface area contributed by atoms with Crippen LogP contribution >= 0.6 is 0 Å². The van der Waals surface area contributed by atoms with Crippen molar-refractivity contribution in [1.29, 1.82) is 0 Å². The average Bonchev–Trinajstić information content (AvgIpc) is 4.19. The van der Waals surface area contributed by atoms with E-state index in [2.05, 4.69) is 36.2 Å². The number of pyridine rings is 1. The largest absolute Gasteiger partial charge is 0.461 e. The van der Waals surface area contributed by atoms with Gasteiger partial charge < -0.3 is 34.2 Å². The first-order chi connectivity index (χ1) is 37.4. The molecule has 0 radical (unpaired) electrons. The van der Waals surface area contributed by atoms with Gasteiger partial charge in [0.15, 0.2) is 5.82 Å². The van der Waals surface area contributed by atoms with Crippen molar-refractivity contribution >= 4 is 62.1 Å². The number of likely N-dealkylation sites (tertiary alicyclic amines) is 1. The lowest BCUT2D eigenvalue weighted by Gasteiger charge is -2.40. The fourth-order valence-corrected chi connectivity index (χ4v) is 13.5. The standard InChI is InChI=1S/C57H61F2N11O7/c1-3-40-43(58)12-8-34-6-4-7-41(48(34)40)50-49(59)51-42(25-60-50)52(67-26-35-9-10-36(27-67)61-35)64-54(63-51)77-32-57-19-5-21-69(57)38(16-20-57)31-76-56(74)68-28-39(29-68)75-30-33-17-22-66(23-18-33)37-11-13-44-46(24-37)65(2)55(73)70(44)45-14-15-47(71)62-53(45)72/h1,4,6-8,11-13,24-25,33,35-36,38-39,45,61H,5,9-10,14-23,26-32H2,2H3,(H,62,71,72)/t35?,36?,38-,45?,57-/m0/s1. The number of aromatic nitrogens is 5.